The minimum absolute atomic E-state index is 0.240. The standard InChI is InChI=1S/C22H25O3P/c1-4-16(3)20-21(19(5-2)22(23)25-20)26(24,17-12-8-6-9-13-17)18-14-10-7-11-15-18/h4,6-15,19-21H,5H2,1-3H3/b16-4+/t19-,20-,21-/m0/s1. The number of hydrogen-bond acceptors (Lipinski definition) is 3. The number of cyclic esters (lactones) is 1. The van der Waals surface area contributed by atoms with E-state index in [2.05, 4.69) is 0 Å². The first-order valence-electron chi connectivity index (χ1n) is 9.08. The Morgan fingerprint density at radius 1 is 1.04 bits per heavy atom. The third-order valence-corrected chi connectivity index (χ3v) is 8.91. The van der Waals surface area contributed by atoms with Crippen LogP contribution < -0.4 is 10.6 Å². The van der Waals surface area contributed by atoms with Crippen LogP contribution in [0.15, 0.2) is 72.3 Å². The Labute approximate surface area is 155 Å². The summed E-state index contributed by atoms with van der Waals surface area (Å²) in [7, 11) is -3.09. The second-order valence-corrected chi connectivity index (χ2v) is 9.67. The van der Waals surface area contributed by atoms with Crippen molar-refractivity contribution in [3.05, 3.63) is 72.3 Å². The molecule has 0 N–H and O–H groups in total. The van der Waals surface area contributed by atoms with Crippen molar-refractivity contribution >= 4 is 23.7 Å². The molecule has 0 spiro atoms. The summed E-state index contributed by atoms with van der Waals surface area (Å²) in [4.78, 5) is 12.6. The normalized spacial score (nSPS) is 23.7. The molecule has 0 unspecified atom stereocenters. The lowest BCUT2D eigenvalue weighted by atomic mass is 9.98. The summed E-state index contributed by atoms with van der Waals surface area (Å²) >= 11 is 0. The molecule has 1 saturated heterocycles. The molecule has 2 aromatic carbocycles. The van der Waals surface area contributed by atoms with Crippen LogP contribution in [0.5, 0.6) is 0 Å². The van der Waals surface area contributed by atoms with Gasteiger partial charge in [-0.25, -0.2) is 0 Å². The van der Waals surface area contributed by atoms with Crippen LogP contribution in [0, 0.1) is 5.92 Å². The summed E-state index contributed by atoms with van der Waals surface area (Å²) in [6.45, 7) is 5.84. The van der Waals surface area contributed by atoms with E-state index in [0.717, 1.165) is 16.2 Å². The third-order valence-electron chi connectivity index (χ3n) is 5.31. The van der Waals surface area contributed by atoms with E-state index in [1.54, 1.807) is 0 Å². The summed E-state index contributed by atoms with van der Waals surface area (Å²) in [6, 6.07) is 19.1. The first-order chi connectivity index (χ1) is 12.5. The zero-order chi connectivity index (χ0) is 18.7. The van der Waals surface area contributed by atoms with Gasteiger partial charge in [0.25, 0.3) is 0 Å². The quantitative estimate of drug-likeness (QED) is 0.449. The van der Waals surface area contributed by atoms with Crippen LogP contribution in [0.25, 0.3) is 0 Å². The molecule has 3 rings (SSSR count). The number of carbonyl (C=O) groups is 1. The van der Waals surface area contributed by atoms with Gasteiger partial charge in [0.2, 0.25) is 0 Å². The molecule has 0 aromatic heterocycles. The molecule has 2 aromatic rings. The van der Waals surface area contributed by atoms with Gasteiger partial charge in [0, 0.05) is 10.6 Å². The molecular weight excluding hydrogens is 343 g/mol. The van der Waals surface area contributed by atoms with E-state index in [0.29, 0.717) is 6.42 Å². The molecule has 0 saturated carbocycles. The highest BCUT2D eigenvalue weighted by Crippen LogP contribution is 2.57. The highest BCUT2D eigenvalue weighted by atomic mass is 31.2. The van der Waals surface area contributed by atoms with Crippen molar-refractivity contribution in [2.75, 3.05) is 0 Å². The topological polar surface area (TPSA) is 43.4 Å². The summed E-state index contributed by atoms with van der Waals surface area (Å²) in [5.74, 6) is -0.614. The maximum Gasteiger partial charge on any atom is 0.310 e. The van der Waals surface area contributed by atoms with Gasteiger partial charge in [0.1, 0.15) is 6.10 Å². The Bertz CT molecular complexity index is 799. The van der Waals surface area contributed by atoms with E-state index in [-0.39, 0.29) is 17.5 Å². The van der Waals surface area contributed by atoms with Gasteiger partial charge < -0.3 is 9.30 Å². The van der Waals surface area contributed by atoms with Gasteiger partial charge in [-0.2, -0.15) is 0 Å². The summed E-state index contributed by atoms with van der Waals surface area (Å²) in [5.41, 5.74) is 0.562. The molecule has 4 heteroatoms. The first kappa shape index (κ1) is 18.7. The lowest BCUT2D eigenvalue weighted by molar-refractivity contribution is -0.143. The summed E-state index contributed by atoms with van der Waals surface area (Å²) in [6.07, 6.45) is 2.10. The molecule has 0 amide bonds. The van der Waals surface area contributed by atoms with Crippen LogP contribution in [0.2, 0.25) is 0 Å². The minimum Gasteiger partial charge on any atom is -0.457 e. The fourth-order valence-corrected chi connectivity index (χ4v) is 7.54. The largest absolute Gasteiger partial charge is 0.457 e. The van der Waals surface area contributed by atoms with Gasteiger partial charge in [0.15, 0.2) is 7.14 Å². The summed E-state index contributed by atoms with van der Waals surface area (Å²) < 4.78 is 20.4. The molecule has 3 nitrogen and oxygen atoms in total. The molecule has 136 valence electrons. The minimum atomic E-state index is -3.09. The van der Waals surface area contributed by atoms with Crippen LogP contribution in [-0.2, 0) is 14.1 Å². The van der Waals surface area contributed by atoms with Gasteiger partial charge in [-0.05, 0) is 25.8 Å². The van der Waals surface area contributed by atoms with E-state index in [9.17, 15) is 9.36 Å². The zero-order valence-electron chi connectivity index (χ0n) is 15.5. The third kappa shape index (κ3) is 3.05. The Kier molecular flexibility index (Phi) is 5.48. The summed E-state index contributed by atoms with van der Waals surface area (Å²) in [5, 5.41) is 1.56. The number of benzene rings is 2. The molecule has 0 aliphatic carbocycles. The Hall–Kier alpha value is -2.12. The molecule has 3 atom stereocenters. The number of esters is 1. The predicted octanol–water partition coefficient (Wildman–Crippen LogP) is 4.29. The Morgan fingerprint density at radius 2 is 1.54 bits per heavy atom. The number of hydrogen-bond donors (Lipinski definition) is 0. The van der Waals surface area contributed by atoms with E-state index in [4.69, 9.17) is 4.74 Å². The van der Waals surface area contributed by atoms with Crippen LogP contribution in [-0.4, -0.2) is 17.7 Å². The fraction of sp³-hybridized carbons (Fsp3) is 0.318. The van der Waals surface area contributed by atoms with Crippen molar-refractivity contribution in [2.45, 2.75) is 39.0 Å². The van der Waals surface area contributed by atoms with Crippen molar-refractivity contribution in [1.29, 1.82) is 0 Å². The van der Waals surface area contributed by atoms with Gasteiger partial charge >= 0.3 is 5.97 Å². The van der Waals surface area contributed by atoms with E-state index < -0.39 is 13.2 Å². The number of allylic oxidation sites excluding steroid dienone is 1. The van der Waals surface area contributed by atoms with Gasteiger partial charge in [-0.15, -0.1) is 0 Å². The zero-order valence-corrected chi connectivity index (χ0v) is 16.4. The van der Waals surface area contributed by atoms with Gasteiger partial charge in [-0.1, -0.05) is 73.7 Å². The van der Waals surface area contributed by atoms with Gasteiger partial charge in [-0.3, -0.25) is 4.79 Å². The maximum absolute atomic E-state index is 14.7. The van der Waals surface area contributed by atoms with Crippen LogP contribution in [0.3, 0.4) is 0 Å². The molecule has 1 aliphatic rings. The molecule has 1 heterocycles. The van der Waals surface area contributed by atoms with E-state index in [1.165, 1.54) is 0 Å². The van der Waals surface area contributed by atoms with Crippen molar-refractivity contribution in [2.24, 2.45) is 5.92 Å². The Balaban J connectivity index is 2.26. The smallest absolute Gasteiger partial charge is 0.310 e. The number of rotatable bonds is 5. The lowest BCUT2D eigenvalue weighted by Gasteiger charge is -2.31. The second-order valence-electron chi connectivity index (χ2n) is 6.72. The van der Waals surface area contributed by atoms with Crippen LogP contribution in [0.1, 0.15) is 27.2 Å². The average Bonchev–Trinajstić information content (AvgIpc) is 3.04. The van der Waals surface area contributed by atoms with Gasteiger partial charge in [0.05, 0.1) is 11.6 Å². The highest BCUT2D eigenvalue weighted by molar-refractivity contribution is 7.79. The number of ether oxygens (including phenoxy) is 1. The first-order valence-corrected chi connectivity index (χ1v) is 10.9. The SMILES string of the molecule is C/C=C(\C)[C@@H]1OC(=O)[C@@H](CC)[C@@H]1P(=O)(c1ccccc1)c1ccccc1. The molecule has 26 heavy (non-hydrogen) atoms. The predicted molar refractivity (Wildman–Crippen MR) is 107 cm³/mol. The van der Waals surface area contributed by atoms with Crippen molar-refractivity contribution in [3.63, 3.8) is 0 Å². The maximum atomic E-state index is 14.7. The highest BCUT2D eigenvalue weighted by Gasteiger charge is 2.54. The van der Waals surface area contributed by atoms with E-state index >= 15 is 0 Å². The molecule has 0 bridgehead atoms. The van der Waals surface area contributed by atoms with Crippen molar-refractivity contribution < 1.29 is 14.1 Å². The van der Waals surface area contributed by atoms with Crippen LogP contribution >= 0.6 is 7.14 Å². The molecule has 0 radical (unpaired) electrons. The average molecular weight is 368 g/mol. The van der Waals surface area contributed by atoms with E-state index in [1.807, 2.05) is 87.5 Å². The van der Waals surface area contributed by atoms with Crippen molar-refractivity contribution in [1.82, 2.24) is 0 Å². The van der Waals surface area contributed by atoms with Crippen molar-refractivity contribution in [3.8, 4) is 0 Å². The van der Waals surface area contributed by atoms with Crippen LogP contribution in [0.4, 0.5) is 0 Å². The lowest BCUT2D eigenvalue weighted by Crippen LogP contribution is -2.36. The molecule has 1 fully saturated rings. The fourth-order valence-electron chi connectivity index (χ4n) is 3.80. The molecule has 1 aliphatic heterocycles. The monoisotopic (exact) mass is 368 g/mol. The second kappa shape index (κ2) is 7.63. The molecular formula is C22H25O3P. The Morgan fingerprint density at radius 3 is 1.96 bits per heavy atom. The number of carbonyl (C=O) groups excluding carboxylic acids is 1.